The van der Waals surface area contributed by atoms with Crippen LogP contribution in [0.25, 0.3) is 0 Å². The van der Waals surface area contributed by atoms with Gasteiger partial charge in [0.2, 0.25) is 5.91 Å². The second-order valence-electron chi connectivity index (χ2n) is 8.75. The number of likely N-dealkylation sites (N-methyl/N-ethyl adjacent to an activating group) is 1. The Labute approximate surface area is 203 Å². The van der Waals surface area contributed by atoms with E-state index >= 15 is 0 Å². The molecule has 0 saturated heterocycles. The van der Waals surface area contributed by atoms with Gasteiger partial charge in [0.1, 0.15) is 0 Å². The molecule has 0 aliphatic rings. The maximum Gasteiger partial charge on any atom is 0.257 e. The van der Waals surface area contributed by atoms with Crippen molar-refractivity contribution in [3.05, 3.63) is 58.6 Å². The summed E-state index contributed by atoms with van der Waals surface area (Å²) in [6.07, 6.45) is 1.64. The van der Waals surface area contributed by atoms with Gasteiger partial charge in [-0.25, -0.2) is 0 Å². The molecule has 2 aromatic carbocycles. The molecular weight excluding hydrogens is 436 g/mol. The first-order chi connectivity index (χ1) is 15.7. The van der Waals surface area contributed by atoms with E-state index in [9.17, 15) is 9.59 Å². The monoisotopic (exact) mass is 472 g/mol. The summed E-state index contributed by atoms with van der Waals surface area (Å²) in [6, 6.07) is 12.8. The van der Waals surface area contributed by atoms with Crippen LogP contribution in [-0.2, 0) is 11.3 Å². The number of nitrogens with one attached hydrogen (secondary N) is 1. The first kappa shape index (κ1) is 26.7. The quantitative estimate of drug-likeness (QED) is 0.500. The third-order valence-corrected chi connectivity index (χ3v) is 6.09. The largest absolute Gasteiger partial charge is 0.377 e. The molecular formula is C26H37ClN4O2. The summed E-state index contributed by atoms with van der Waals surface area (Å²) in [5.74, 6) is -0.0724. The summed E-state index contributed by atoms with van der Waals surface area (Å²) >= 11 is 6.19. The van der Waals surface area contributed by atoms with Crippen LogP contribution in [0.4, 0.5) is 11.4 Å². The molecule has 180 valence electrons. The van der Waals surface area contributed by atoms with Crippen LogP contribution in [-0.4, -0.2) is 62.9 Å². The zero-order valence-corrected chi connectivity index (χ0v) is 21.4. The van der Waals surface area contributed by atoms with Crippen molar-refractivity contribution >= 4 is 34.8 Å². The summed E-state index contributed by atoms with van der Waals surface area (Å²) in [6.45, 7) is 6.03. The average Bonchev–Trinajstić information content (AvgIpc) is 2.77. The van der Waals surface area contributed by atoms with Crippen LogP contribution in [0.3, 0.4) is 0 Å². The van der Waals surface area contributed by atoms with Crippen LogP contribution in [0.5, 0.6) is 0 Å². The van der Waals surface area contributed by atoms with Gasteiger partial charge >= 0.3 is 0 Å². The standard InChI is InChI=1S/C26H37ClN4O2/c1-7-19(8-2)26(33)31(16-15-29(3)4)18-20-17-21(13-14-24(20)30(5)6)28-25(32)22-11-9-10-12-23(22)27/h9-14,17,19H,7-8,15-16,18H2,1-6H3,(H,28,32). The molecule has 0 atom stereocenters. The van der Waals surface area contributed by atoms with Crippen molar-refractivity contribution in [3.63, 3.8) is 0 Å². The van der Waals surface area contributed by atoms with E-state index in [1.807, 2.05) is 56.2 Å². The Bertz CT molecular complexity index is 942. The number of benzene rings is 2. The summed E-state index contributed by atoms with van der Waals surface area (Å²) < 4.78 is 0. The molecule has 0 unspecified atom stereocenters. The molecule has 33 heavy (non-hydrogen) atoms. The van der Waals surface area contributed by atoms with E-state index in [1.54, 1.807) is 24.3 Å². The smallest absolute Gasteiger partial charge is 0.257 e. The minimum absolute atomic E-state index is 0.0121. The molecule has 0 aromatic heterocycles. The Morgan fingerprint density at radius 1 is 0.970 bits per heavy atom. The van der Waals surface area contributed by atoms with Gasteiger partial charge in [-0.2, -0.15) is 0 Å². The van der Waals surface area contributed by atoms with Crippen LogP contribution in [0, 0.1) is 5.92 Å². The van der Waals surface area contributed by atoms with E-state index in [0.717, 1.165) is 30.6 Å². The highest BCUT2D eigenvalue weighted by atomic mass is 35.5. The minimum Gasteiger partial charge on any atom is -0.377 e. The summed E-state index contributed by atoms with van der Waals surface area (Å²) in [7, 11) is 7.98. The number of nitrogens with zero attached hydrogens (tertiary/aromatic N) is 3. The normalized spacial score (nSPS) is 11.1. The predicted molar refractivity (Wildman–Crippen MR) is 138 cm³/mol. The third-order valence-electron chi connectivity index (χ3n) is 5.76. The first-order valence-corrected chi connectivity index (χ1v) is 11.8. The lowest BCUT2D eigenvalue weighted by Gasteiger charge is -2.30. The fraction of sp³-hybridized carbons (Fsp3) is 0.462. The third kappa shape index (κ3) is 7.47. The second kappa shape index (κ2) is 12.6. The Kier molecular flexibility index (Phi) is 10.2. The molecule has 0 aliphatic carbocycles. The molecule has 2 rings (SSSR count). The van der Waals surface area contributed by atoms with Crippen LogP contribution < -0.4 is 10.2 Å². The van der Waals surface area contributed by atoms with Crippen molar-refractivity contribution in [2.24, 2.45) is 5.92 Å². The van der Waals surface area contributed by atoms with E-state index in [4.69, 9.17) is 11.6 Å². The highest BCUT2D eigenvalue weighted by Crippen LogP contribution is 2.26. The van der Waals surface area contributed by atoms with Gasteiger partial charge in [0.25, 0.3) is 5.91 Å². The average molecular weight is 473 g/mol. The zero-order chi connectivity index (χ0) is 24.5. The maximum absolute atomic E-state index is 13.3. The lowest BCUT2D eigenvalue weighted by molar-refractivity contribution is -0.136. The van der Waals surface area contributed by atoms with Gasteiger partial charge in [-0.05, 0) is 62.8 Å². The number of hydrogen-bond donors (Lipinski definition) is 1. The Morgan fingerprint density at radius 3 is 2.21 bits per heavy atom. The fourth-order valence-electron chi connectivity index (χ4n) is 3.76. The van der Waals surface area contributed by atoms with Gasteiger partial charge in [0, 0.05) is 51.0 Å². The maximum atomic E-state index is 13.3. The number of carbonyl (C=O) groups is 2. The Hall–Kier alpha value is -2.57. The molecule has 0 radical (unpaired) electrons. The highest BCUT2D eigenvalue weighted by molar-refractivity contribution is 6.34. The SMILES string of the molecule is CCC(CC)C(=O)N(CCN(C)C)Cc1cc(NC(=O)c2ccccc2Cl)ccc1N(C)C. The number of rotatable bonds is 11. The molecule has 0 bridgehead atoms. The summed E-state index contributed by atoms with van der Waals surface area (Å²) in [5.41, 5.74) is 3.09. The van der Waals surface area contributed by atoms with Gasteiger partial charge in [-0.1, -0.05) is 37.6 Å². The van der Waals surface area contributed by atoms with E-state index in [-0.39, 0.29) is 17.7 Å². The van der Waals surface area contributed by atoms with Gasteiger partial charge in [-0.3, -0.25) is 9.59 Å². The van der Waals surface area contributed by atoms with Crippen molar-refractivity contribution in [1.82, 2.24) is 9.80 Å². The van der Waals surface area contributed by atoms with E-state index < -0.39 is 0 Å². The zero-order valence-electron chi connectivity index (χ0n) is 20.7. The second-order valence-corrected chi connectivity index (χ2v) is 9.16. The predicted octanol–water partition coefficient (Wildman–Crippen LogP) is 4.98. The van der Waals surface area contributed by atoms with Crippen molar-refractivity contribution in [2.45, 2.75) is 33.2 Å². The molecule has 2 amide bonds. The Morgan fingerprint density at radius 2 is 1.64 bits per heavy atom. The lowest BCUT2D eigenvalue weighted by Crippen LogP contribution is -2.40. The molecule has 0 saturated carbocycles. The molecule has 0 fully saturated rings. The molecule has 0 aliphatic heterocycles. The van der Waals surface area contributed by atoms with Crippen LogP contribution in [0.2, 0.25) is 5.02 Å². The van der Waals surface area contributed by atoms with Crippen LogP contribution >= 0.6 is 11.6 Å². The van der Waals surface area contributed by atoms with Gasteiger partial charge < -0.3 is 20.0 Å². The molecule has 1 N–H and O–H groups in total. The van der Waals surface area contributed by atoms with Crippen molar-refractivity contribution in [1.29, 1.82) is 0 Å². The van der Waals surface area contributed by atoms with Crippen molar-refractivity contribution in [3.8, 4) is 0 Å². The summed E-state index contributed by atoms with van der Waals surface area (Å²) in [4.78, 5) is 32.1. The van der Waals surface area contributed by atoms with E-state index in [2.05, 4.69) is 24.1 Å². The molecule has 0 spiro atoms. The number of amides is 2. The summed E-state index contributed by atoms with van der Waals surface area (Å²) in [5, 5.41) is 3.36. The van der Waals surface area contributed by atoms with Gasteiger partial charge in [0.15, 0.2) is 0 Å². The number of carbonyl (C=O) groups excluding carboxylic acids is 2. The number of anilines is 2. The van der Waals surface area contributed by atoms with Crippen LogP contribution in [0.15, 0.2) is 42.5 Å². The topological polar surface area (TPSA) is 55.9 Å². The molecule has 6 nitrogen and oxygen atoms in total. The van der Waals surface area contributed by atoms with E-state index in [1.165, 1.54) is 0 Å². The molecule has 7 heteroatoms. The van der Waals surface area contributed by atoms with Gasteiger partial charge in [-0.15, -0.1) is 0 Å². The van der Waals surface area contributed by atoms with Gasteiger partial charge in [0.05, 0.1) is 10.6 Å². The van der Waals surface area contributed by atoms with Crippen molar-refractivity contribution < 1.29 is 9.59 Å². The Balaban J connectivity index is 2.35. The molecule has 2 aromatic rings. The fourth-order valence-corrected chi connectivity index (χ4v) is 3.98. The number of hydrogen-bond acceptors (Lipinski definition) is 4. The lowest BCUT2D eigenvalue weighted by atomic mass is 10.0. The molecule has 0 heterocycles. The van der Waals surface area contributed by atoms with Crippen LogP contribution in [0.1, 0.15) is 42.6 Å². The highest BCUT2D eigenvalue weighted by Gasteiger charge is 2.23. The van der Waals surface area contributed by atoms with E-state index in [0.29, 0.717) is 29.4 Å². The first-order valence-electron chi connectivity index (χ1n) is 11.5. The minimum atomic E-state index is -0.262. The number of halogens is 1. The van der Waals surface area contributed by atoms with Crippen molar-refractivity contribution in [2.75, 3.05) is 51.5 Å².